The van der Waals surface area contributed by atoms with E-state index in [1.54, 1.807) is 55.3 Å². The molecule has 1 amide bonds. The fourth-order valence-corrected chi connectivity index (χ4v) is 2.10. The SMILES string of the molecule is Cc1ccc(C(=O)N(C)C(C)c2ccc(O)cc2)cc1O. The highest BCUT2D eigenvalue weighted by atomic mass is 16.3. The molecule has 2 aromatic carbocycles. The maximum atomic E-state index is 12.5. The van der Waals surface area contributed by atoms with Crippen molar-refractivity contribution in [3.63, 3.8) is 0 Å². The van der Waals surface area contributed by atoms with Crippen LogP contribution >= 0.6 is 0 Å². The molecule has 4 nitrogen and oxygen atoms in total. The molecule has 0 aliphatic rings. The Labute approximate surface area is 124 Å². The molecule has 110 valence electrons. The van der Waals surface area contributed by atoms with Crippen LogP contribution in [-0.2, 0) is 0 Å². The lowest BCUT2D eigenvalue weighted by molar-refractivity contribution is 0.0742. The van der Waals surface area contributed by atoms with E-state index in [1.807, 2.05) is 6.92 Å². The van der Waals surface area contributed by atoms with Crippen molar-refractivity contribution in [2.24, 2.45) is 0 Å². The summed E-state index contributed by atoms with van der Waals surface area (Å²) in [5.74, 6) is 0.154. The van der Waals surface area contributed by atoms with Gasteiger partial charge in [-0.05, 0) is 49.2 Å². The molecule has 1 unspecified atom stereocenters. The van der Waals surface area contributed by atoms with Crippen molar-refractivity contribution in [3.05, 3.63) is 59.2 Å². The minimum atomic E-state index is -0.161. The van der Waals surface area contributed by atoms with E-state index in [2.05, 4.69) is 0 Å². The summed E-state index contributed by atoms with van der Waals surface area (Å²) in [7, 11) is 1.72. The molecule has 2 rings (SSSR count). The number of rotatable bonds is 3. The number of benzene rings is 2. The van der Waals surface area contributed by atoms with Crippen LogP contribution in [0, 0.1) is 6.92 Å². The van der Waals surface area contributed by atoms with Gasteiger partial charge in [0, 0.05) is 12.6 Å². The van der Waals surface area contributed by atoms with Crippen LogP contribution in [0.3, 0.4) is 0 Å². The van der Waals surface area contributed by atoms with Gasteiger partial charge in [0.1, 0.15) is 11.5 Å². The Morgan fingerprint density at radius 3 is 2.29 bits per heavy atom. The second-order valence-corrected chi connectivity index (χ2v) is 5.18. The van der Waals surface area contributed by atoms with Gasteiger partial charge in [-0.2, -0.15) is 0 Å². The van der Waals surface area contributed by atoms with Gasteiger partial charge in [-0.25, -0.2) is 0 Å². The van der Waals surface area contributed by atoms with Crippen molar-refractivity contribution < 1.29 is 15.0 Å². The number of phenolic OH excluding ortho intramolecular Hbond substituents is 2. The van der Waals surface area contributed by atoms with Crippen LogP contribution in [0.25, 0.3) is 0 Å². The van der Waals surface area contributed by atoms with Crippen molar-refractivity contribution in [3.8, 4) is 11.5 Å². The molecular weight excluding hydrogens is 266 g/mol. The quantitative estimate of drug-likeness (QED) is 0.910. The molecule has 1 atom stereocenters. The van der Waals surface area contributed by atoms with Gasteiger partial charge in [-0.3, -0.25) is 4.79 Å². The number of carbonyl (C=O) groups excluding carboxylic acids is 1. The molecule has 0 bridgehead atoms. The Hall–Kier alpha value is -2.49. The van der Waals surface area contributed by atoms with Gasteiger partial charge in [-0.15, -0.1) is 0 Å². The fourth-order valence-electron chi connectivity index (χ4n) is 2.10. The van der Waals surface area contributed by atoms with Crippen molar-refractivity contribution in [2.45, 2.75) is 19.9 Å². The van der Waals surface area contributed by atoms with Crippen molar-refractivity contribution in [1.82, 2.24) is 4.90 Å². The highest BCUT2D eigenvalue weighted by Crippen LogP contribution is 2.24. The molecule has 4 heteroatoms. The number of phenols is 2. The maximum absolute atomic E-state index is 12.5. The van der Waals surface area contributed by atoms with Crippen LogP contribution in [-0.4, -0.2) is 28.1 Å². The monoisotopic (exact) mass is 285 g/mol. The standard InChI is InChI=1S/C17H19NO3/c1-11-4-5-14(10-16(11)20)17(21)18(3)12(2)13-6-8-15(19)9-7-13/h4-10,12,19-20H,1-3H3. The number of aryl methyl sites for hydroxylation is 1. The minimum Gasteiger partial charge on any atom is -0.508 e. The highest BCUT2D eigenvalue weighted by molar-refractivity contribution is 5.94. The normalized spacial score (nSPS) is 12.0. The van der Waals surface area contributed by atoms with Crippen LogP contribution in [0.15, 0.2) is 42.5 Å². The third-order valence-corrected chi connectivity index (χ3v) is 3.73. The Balaban J connectivity index is 2.21. The molecule has 0 aliphatic heterocycles. The van der Waals surface area contributed by atoms with Crippen LogP contribution in [0.5, 0.6) is 11.5 Å². The Kier molecular flexibility index (Phi) is 4.17. The summed E-state index contributed by atoms with van der Waals surface area (Å²) < 4.78 is 0. The molecule has 0 saturated carbocycles. The zero-order chi connectivity index (χ0) is 15.6. The van der Waals surface area contributed by atoms with E-state index in [9.17, 15) is 15.0 Å². The lowest BCUT2D eigenvalue weighted by atomic mass is 10.1. The number of aromatic hydroxyl groups is 2. The Bertz CT molecular complexity index is 650. The number of nitrogens with zero attached hydrogens (tertiary/aromatic N) is 1. The van der Waals surface area contributed by atoms with Gasteiger partial charge in [0.15, 0.2) is 0 Å². The van der Waals surface area contributed by atoms with Crippen LogP contribution < -0.4 is 0 Å². The third kappa shape index (κ3) is 3.16. The predicted octanol–water partition coefficient (Wildman–Crippen LogP) is 3.24. The van der Waals surface area contributed by atoms with E-state index in [0.29, 0.717) is 5.56 Å². The lowest BCUT2D eigenvalue weighted by Gasteiger charge is -2.25. The molecule has 0 saturated heterocycles. The van der Waals surface area contributed by atoms with E-state index in [0.717, 1.165) is 11.1 Å². The summed E-state index contributed by atoms with van der Waals surface area (Å²) in [4.78, 5) is 14.1. The second kappa shape index (κ2) is 5.87. The molecule has 0 heterocycles. The van der Waals surface area contributed by atoms with Crippen LogP contribution in [0.4, 0.5) is 0 Å². The summed E-state index contributed by atoms with van der Waals surface area (Å²) in [5.41, 5.74) is 2.12. The second-order valence-electron chi connectivity index (χ2n) is 5.18. The zero-order valence-electron chi connectivity index (χ0n) is 12.4. The third-order valence-electron chi connectivity index (χ3n) is 3.73. The van der Waals surface area contributed by atoms with Crippen molar-refractivity contribution in [1.29, 1.82) is 0 Å². The molecule has 0 fully saturated rings. The summed E-state index contributed by atoms with van der Waals surface area (Å²) in [6.45, 7) is 3.70. The first-order valence-corrected chi connectivity index (χ1v) is 6.76. The summed E-state index contributed by atoms with van der Waals surface area (Å²) in [6.07, 6.45) is 0. The average Bonchev–Trinajstić information content (AvgIpc) is 2.48. The van der Waals surface area contributed by atoms with E-state index >= 15 is 0 Å². The molecule has 2 N–H and O–H groups in total. The summed E-state index contributed by atoms with van der Waals surface area (Å²) in [5, 5.41) is 19.0. The minimum absolute atomic E-state index is 0.117. The average molecular weight is 285 g/mol. The van der Waals surface area contributed by atoms with Gasteiger partial charge in [0.2, 0.25) is 0 Å². The van der Waals surface area contributed by atoms with E-state index in [1.165, 1.54) is 6.07 Å². The molecule has 0 aromatic heterocycles. The number of carbonyl (C=O) groups is 1. The first kappa shape index (κ1) is 14.9. The molecule has 2 aromatic rings. The Morgan fingerprint density at radius 2 is 1.71 bits per heavy atom. The zero-order valence-corrected chi connectivity index (χ0v) is 12.4. The summed E-state index contributed by atoms with van der Waals surface area (Å²) in [6, 6.07) is 11.6. The van der Waals surface area contributed by atoms with E-state index in [-0.39, 0.29) is 23.4 Å². The molecule has 0 radical (unpaired) electrons. The fraction of sp³-hybridized carbons (Fsp3) is 0.235. The Morgan fingerprint density at radius 1 is 1.10 bits per heavy atom. The van der Waals surface area contributed by atoms with E-state index < -0.39 is 0 Å². The lowest BCUT2D eigenvalue weighted by Crippen LogP contribution is -2.29. The summed E-state index contributed by atoms with van der Waals surface area (Å²) >= 11 is 0. The van der Waals surface area contributed by atoms with Gasteiger partial charge in [0.05, 0.1) is 6.04 Å². The van der Waals surface area contributed by atoms with E-state index in [4.69, 9.17) is 0 Å². The van der Waals surface area contributed by atoms with Crippen molar-refractivity contribution >= 4 is 5.91 Å². The predicted molar refractivity (Wildman–Crippen MR) is 81.5 cm³/mol. The smallest absolute Gasteiger partial charge is 0.254 e. The largest absolute Gasteiger partial charge is 0.508 e. The molecule has 21 heavy (non-hydrogen) atoms. The maximum Gasteiger partial charge on any atom is 0.254 e. The highest BCUT2D eigenvalue weighted by Gasteiger charge is 2.19. The van der Waals surface area contributed by atoms with Gasteiger partial charge >= 0.3 is 0 Å². The molecule has 0 aliphatic carbocycles. The number of hydrogen-bond donors (Lipinski definition) is 2. The van der Waals surface area contributed by atoms with Crippen LogP contribution in [0.1, 0.15) is 34.5 Å². The van der Waals surface area contributed by atoms with Gasteiger partial charge in [-0.1, -0.05) is 18.2 Å². The van der Waals surface area contributed by atoms with Crippen LogP contribution in [0.2, 0.25) is 0 Å². The first-order valence-electron chi connectivity index (χ1n) is 6.76. The number of hydrogen-bond acceptors (Lipinski definition) is 3. The van der Waals surface area contributed by atoms with Crippen molar-refractivity contribution in [2.75, 3.05) is 7.05 Å². The number of amides is 1. The molecule has 0 spiro atoms. The van der Waals surface area contributed by atoms with Gasteiger partial charge in [0.25, 0.3) is 5.91 Å². The topological polar surface area (TPSA) is 60.8 Å². The van der Waals surface area contributed by atoms with Gasteiger partial charge < -0.3 is 15.1 Å². The molecular formula is C17H19NO3. The first-order chi connectivity index (χ1) is 9.90.